The summed E-state index contributed by atoms with van der Waals surface area (Å²) < 4.78 is 13.0. The minimum Gasteiger partial charge on any atom is -0.341 e. The zero-order valence-corrected chi connectivity index (χ0v) is 9.17. The second-order valence-corrected chi connectivity index (χ2v) is 3.49. The van der Waals surface area contributed by atoms with Gasteiger partial charge in [-0.3, -0.25) is 0 Å². The van der Waals surface area contributed by atoms with E-state index in [1.165, 1.54) is 11.0 Å². The number of rotatable bonds is 2. The molecule has 0 spiro atoms. The molecule has 2 amide bonds. The molecule has 0 radical (unpaired) electrons. The summed E-state index contributed by atoms with van der Waals surface area (Å²) in [5, 5.41) is 2.52. The number of benzene rings is 1. The smallest absolute Gasteiger partial charge is 0.317 e. The number of carbonyl (C=O) groups excluding carboxylic acids is 1. The van der Waals surface area contributed by atoms with Gasteiger partial charge in [0.15, 0.2) is 0 Å². The molecule has 0 fully saturated rings. The van der Waals surface area contributed by atoms with Crippen LogP contribution in [0.1, 0.15) is 11.1 Å². The lowest BCUT2D eigenvalue weighted by Crippen LogP contribution is -2.34. The zero-order valence-electron chi connectivity index (χ0n) is 9.17. The lowest BCUT2D eigenvalue weighted by Gasteiger charge is -2.16. The quantitative estimate of drug-likeness (QED) is 0.794. The van der Waals surface area contributed by atoms with Crippen LogP contribution in [0.4, 0.5) is 9.18 Å². The van der Waals surface area contributed by atoms with Gasteiger partial charge in [-0.2, -0.15) is 0 Å². The first-order valence-corrected chi connectivity index (χ1v) is 4.72. The van der Waals surface area contributed by atoms with Crippen molar-refractivity contribution in [2.24, 2.45) is 0 Å². The molecule has 3 nitrogen and oxygen atoms in total. The standard InChI is InChI=1S/C11H15FN2O/c1-8-6-9(4-5-10(8)12)7-14(3)11(15)13-2/h4-6H,7H2,1-3H3,(H,13,15). The summed E-state index contributed by atoms with van der Waals surface area (Å²) in [6, 6.07) is 4.69. The van der Waals surface area contributed by atoms with Gasteiger partial charge in [-0.05, 0) is 24.1 Å². The van der Waals surface area contributed by atoms with Gasteiger partial charge in [-0.1, -0.05) is 12.1 Å². The van der Waals surface area contributed by atoms with E-state index in [4.69, 9.17) is 0 Å². The van der Waals surface area contributed by atoms with E-state index in [0.29, 0.717) is 12.1 Å². The van der Waals surface area contributed by atoms with Gasteiger partial charge >= 0.3 is 6.03 Å². The van der Waals surface area contributed by atoms with Gasteiger partial charge in [0.2, 0.25) is 0 Å². The average molecular weight is 210 g/mol. The van der Waals surface area contributed by atoms with Crippen molar-refractivity contribution in [1.82, 2.24) is 10.2 Å². The molecule has 0 aliphatic heterocycles. The van der Waals surface area contributed by atoms with Crippen molar-refractivity contribution in [2.75, 3.05) is 14.1 Å². The maximum atomic E-state index is 13.0. The lowest BCUT2D eigenvalue weighted by atomic mass is 10.1. The van der Waals surface area contributed by atoms with E-state index in [1.54, 1.807) is 33.2 Å². The number of urea groups is 1. The first-order valence-electron chi connectivity index (χ1n) is 4.72. The largest absolute Gasteiger partial charge is 0.341 e. The fourth-order valence-corrected chi connectivity index (χ4v) is 1.34. The Hall–Kier alpha value is -1.58. The van der Waals surface area contributed by atoms with Gasteiger partial charge in [0, 0.05) is 20.6 Å². The maximum absolute atomic E-state index is 13.0. The summed E-state index contributed by atoms with van der Waals surface area (Å²) in [5.74, 6) is -0.221. The van der Waals surface area contributed by atoms with Gasteiger partial charge in [0.25, 0.3) is 0 Å². The monoisotopic (exact) mass is 210 g/mol. The molecule has 0 aliphatic carbocycles. The topological polar surface area (TPSA) is 32.3 Å². The van der Waals surface area contributed by atoms with Crippen molar-refractivity contribution in [2.45, 2.75) is 13.5 Å². The Balaban J connectivity index is 2.73. The molecule has 0 heterocycles. The highest BCUT2D eigenvalue weighted by molar-refractivity contribution is 5.73. The third-order valence-corrected chi connectivity index (χ3v) is 2.20. The van der Waals surface area contributed by atoms with Crippen molar-refractivity contribution in [3.05, 3.63) is 35.1 Å². The Labute approximate surface area is 88.9 Å². The fraction of sp³-hybridized carbons (Fsp3) is 0.364. The van der Waals surface area contributed by atoms with E-state index in [2.05, 4.69) is 5.32 Å². The Morgan fingerprint density at radius 1 is 1.53 bits per heavy atom. The van der Waals surface area contributed by atoms with Crippen molar-refractivity contribution in [3.8, 4) is 0 Å². The van der Waals surface area contributed by atoms with E-state index in [-0.39, 0.29) is 11.8 Å². The van der Waals surface area contributed by atoms with E-state index < -0.39 is 0 Å². The number of hydrogen-bond acceptors (Lipinski definition) is 1. The van der Waals surface area contributed by atoms with Crippen molar-refractivity contribution in [3.63, 3.8) is 0 Å². The number of nitrogens with zero attached hydrogens (tertiary/aromatic N) is 1. The molecule has 82 valence electrons. The SMILES string of the molecule is CNC(=O)N(C)Cc1ccc(F)c(C)c1. The van der Waals surface area contributed by atoms with Gasteiger partial charge < -0.3 is 10.2 Å². The third kappa shape index (κ3) is 2.94. The highest BCUT2D eigenvalue weighted by Gasteiger charge is 2.07. The Morgan fingerprint density at radius 2 is 2.20 bits per heavy atom. The summed E-state index contributed by atoms with van der Waals surface area (Å²) in [6.07, 6.45) is 0. The van der Waals surface area contributed by atoms with Crippen LogP contribution in [0.5, 0.6) is 0 Å². The highest BCUT2D eigenvalue weighted by Crippen LogP contribution is 2.10. The van der Waals surface area contributed by atoms with Crippen LogP contribution >= 0.6 is 0 Å². The molecule has 15 heavy (non-hydrogen) atoms. The molecular formula is C11H15FN2O. The number of hydrogen-bond donors (Lipinski definition) is 1. The molecular weight excluding hydrogens is 195 g/mol. The van der Waals surface area contributed by atoms with Crippen LogP contribution in [0.25, 0.3) is 0 Å². The molecule has 0 aliphatic rings. The molecule has 1 aromatic rings. The maximum Gasteiger partial charge on any atom is 0.317 e. The number of nitrogens with one attached hydrogen (secondary N) is 1. The summed E-state index contributed by atoms with van der Waals surface area (Å²) in [7, 11) is 3.27. The number of amides is 2. The van der Waals surface area contributed by atoms with E-state index in [9.17, 15) is 9.18 Å². The Bertz CT molecular complexity index is 366. The van der Waals surface area contributed by atoms with Crippen molar-refractivity contribution < 1.29 is 9.18 Å². The highest BCUT2D eigenvalue weighted by atomic mass is 19.1. The molecule has 1 aromatic carbocycles. The second kappa shape index (κ2) is 4.77. The molecule has 1 N–H and O–H groups in total. The number of aryl methyl sites for hydroxylation is 1. The molecule has 0 saturated heterocycles. The van der Waals surface area contributed by atoms with Gasteiger partial charge in [0.1, 0.15) is 5.82 Å². The molecule has 0 unspecified atom stereocenters. The average Bonchev–Trinajstić information content (AvgIpc) is 2.22. The Kier molecular flexibility index (Phi) is 3.66. The molecule has 0 atom stereocenters. The molecule has 4 heteroatoms. The summed E-state index contributed by atoms with van der Waals surface area (Å²) in [5.41, 5.74) is 1.51. The van der Waals surface area contributed by atoms with Gasteiger partial charge in [0.05, 0.1) is 0 Å². The number of carbonyl (C=O) groups is 1. The van der Waals surface area contributed by atoms with Crippen molar-refractivity contribution in [1.29, 1.82) is 0 Å². The predicted molar refractivity (Wildman–Crippen MR) is 57.1 cm³/mol. The van der Waals surface area contributed by atoms with Crippen LogP contribution in [-0.2, 0) is 6.54 Å². The predicted octanol–water partition coefficient (Wildman–Crippen LogP) is 1.91. The second-order valence-electron chi connectivity index (χ2n) is 3.49. The molecule has 0 bridgehead atoms. The van der Waals surface area contributed by atoms with Crippen LogP contribution in [0.2, 0.25) is 0 Å². The summed E-state index contributed by atoms with van der Waals surface area (Å²) in [4.78, 5) is 12.7. The molecule has 0 saturated carbocycles. The lowest BCUT2D eigenvalue weighted by molar-refractivity contribution is 0.209. The first-order chi connectivity index (χ1) is 7.04. The molecule has 0 aromatic heterocycles. The van der Waals surface area contributed by atoms with Gasteiger partial charge in [-0.25, -0.2) is 9.18 Å². The zero-order chi connectivity index (χ0) is 11.4. The van der Waals surface area contributed by atoms with E-state index in [1.807, 2.05) is 0 Å². The van der Waals surface area contributed by atoms with Gasteiger partial charge in [-0.15, -0.1) is 0 Å². The minimum absolute atomic E-state index is 0.156. The minimum atomic E-state index is -0.221. The first kappa shape index (κ1) is 11.5. The summed E-state index contributed by atoms with van der Waals surface area (Å²) in [6.45, 7) is 2.18. The normalized spacial score (nSPS) is 9.87. The van der Waals surface area contributed by atoms with E-state index in [0.717, 1.165) is 5.56 Å². The fourth-order valence-electron chi connectivity index (χ4n) is 1.34. The van der Waals surface area contributed by atoms with E-state index >= 15 is 0 Å². The van der Waals surface area contributed by atoms with Crippen molar-refractivity contribution >= 4 is 6.03 Å². The Morgan fingerprint density at radius 3 is 2.73 bits per heavy atom. The van der Waals surface area contributed by atoms with Crippen LogP contribution in [0, 0.1) is 12.7 Å². The van der Waals surface area contributed by atoms with Crippen LogP contribution in [0.15, 0.2) is 18.2 Å². The molecule has 1 rings (SSSR count). The van der Waals surface area contributed by atoms with Crippen LogP contribution < -0.4 is 5.32 Å². The summed E-state index contributed by atoms with van der Waals surface area (Å²) >= 11 is 0. The van der Waals surface area contributed by atoms with Crippen LogP contribution in [-0.4, -0.2) is 25.0 Å². The van der Waals surface area contributed by atoms with Crippen LogP contribution in [0.3, 0.4) is 0 Å². The number of halogens is 1. The third-order valence-electron chi connectivity index (χ3n) is 2.20.